The van der Waals surface area contributed by atoms with Crippen LogP contribution in [-0.4, -0.2) is 42.1 Å². The summed E-state index contributed by atoms with van der Waals surface area (Å²) in [5, 5.41) is 3.26. The Balaban J connectivity index is 2.45. The third-order valence-corrected chi connectivity index (χ3v) is 4.08. The topological polar surface area (TPSA) is 81.4 Å². The largest absolute Gasteiger partial charge is 0.464 e. The third-order valence-electron chi connectivity index (χ3n) is 2.91. The van der Waals surface area contributed by atoms with Crippen molar-refractivity contribution in [3.05, 3.63) is 0 Å². The number of esters is 1. The lowest BCUT2D eigenvalue weighted by Gasteiger charge is -2.20. The van der Waals surface area contributed by atoms with E-state index in [-0.39, 0.29) is 12.6 Å². The van der Waals surface area contributed by atoms with E-state index in [1.165, 1.54) is 0 Å². The molecule has 5 nitrogen and oxygen atoms in total. The second kappa shape index (κ2) is 6.86. The number of carbonyl (C=O) groups is 2. The van der Waals surface area contributed by atoms with Crippen LogP contribution >= 0.6 is 11.8 Å². The molecule has 3 N–H and O–H groups in total. The lowest BCUT2D eigenvalue weighted by Crippen LogP contribution is -2.51. The number of amides is 1. The van der Waals surface area contributed by atoms with Crippen molar-refractivity contribution in [1.82, 2.24) is 5.32 Å². The minimum Gasteiger partial charge on any atom is -0.464 e. The molecule has 0 saturated heterocycles. The molecule has 3 unspecified atom stereocenters. The van der Waals surface area contributed by atoms with E-state index >= 15 is 0 Å². The molecule has 0 spiro atoms. The molecule has 0 aliphatic heterocycles. The van der Waals surface area contributed by atoms with Gasteiger partial charge >= 0.3 is 5.97 Å². The maximum atomic E-state index is 11.7. The maximum absolute atomic E-state index is 11.7. The number of ether oxygens (including phenoxy) is 1. The van der Waals surface area contributed by atoms with Crippen LogP contribution in [0.5, 0.6) is 0 Å². The Morgan fingerprint density at radius 1 is 1.53 bits per heavy atom. The van der Waals surface area contributed by atoms with Gasteiger partial charge in [-0.3, -0.25) is 4.79 Å². The first-order chi connectivity index (χ1) is 8.10. The first-order valence-electron chi connectivity index (χ1n) is 5.85. The average molecular weight is 260 g/mol. The Morgan fingerprint density at radius 3 is 2.82 bits per heavy atom. The van der Waals surface area contributed by atoms with E-state index < -0.39 is 17.9 Å². The fourth-order valence-corrected chi connectivity index (χ4v) is 2.92. The van der Waals surface area contributed by atoms with E-state index in [1.54, 1.807) is 18.7 Å². The molecule has 1 saturated carbocycles. The first-order valence-corrected chi connectivity index (χ1v) is 7.14. The van der Waals surface area contributed by atoms with Crippen LogP contribution in [0.2, 0.25) is 0 Å². The van der Waals surface area contributed by atoms with E-state index in [9.17, 15) is 9.59 Å². The summed E-state index contributed by atoms with van der Waals surface area (Å²) in [5.74, 6) is -1.10. The molecule has 0 aromatic rings. The predicted molar refractivity (Wildman–Crippen MR) is 67.7 cm³/mol. The number of carbonyl (C=O) groups excluding carboxylic acids is 2. The van der Waals surface area contributed by atoms with E-state index in [1.807, 2.05) is 6.26 Å². The highest BCUT2D eigenvalue weighted by molar-refractivity contribution is 7.99. The van der Waals surface area contributed by atoms with E-state index in [2.05, 4.69) is 5.32 Å². The van der Waals surface area contributed by atoms with Crippen molar-refractivity contribution in [2.45, 2.75) is 43.5 Å². The van der Waals surface area contributed by atoms with Crippen LogP contribution in [0, 0.1) is 0 Å². The SMILES string of the molecule is CCOC(=O)C(N)C(=O)NC1CCCC1SC. The highest BCUT2D eigenvalue weighted by Gasteiger charge is 2.31. The monoisotopic (exact) mass is 260 g/mol. The Labute approximate surface area is 106 Å². The molecule has 0 aromatic heterocycles. The van der Waals surface area contributed by atoms with Gasteiger partial charge in [0.15, 0.2) is 6.04 Å². The second-order valence-electron chi connectivity index (χ2n) is 4.05. The molecule has 98 valence electrons. The van der Waals surface area contributed by atoms with Gasteiger partial charge in [0.25, 0.3) is 0 Å². The van der Waals surface area contributed by atoms with Crippen LogP contribution in [0.4, 0.5) is 0 Å². The van der Waals surface area contributed by atoms with Crippen LogP contribution in [0.25, 0.3) is 0 Å². The lowest BCUT2D eigenvalue weighted by molar-refractivity contribution is -0.148. The minimum atomic E-state index is -1.21. The van der Waals surface area contributed by atoms with Gasteiger partial charge in [-0.25, -0.2) is 4.79 Å². The van der Waals surface area contributed by atoms with Gasteiger partial charge in [-0.15, -0.1) is 0 Å². The van der Waals surface area contributed by atoms with Gasteiger partial charge in [-0.1, -0.05) is 6.42 Å². The van der Waals surface area contributed by atoms with Crippen molar-refractivity contribution < 1.29 is 14.3 Å². The van der Waals surface area contributed by atoms with Gasteiger partial charge in [0.2, 0.25) is 5.91 Å². The van der Waals surface area contributed by atoms with Crippen LogP contribution in [0.15, 0.2) is 0 Å². The molecule has 1 aliphatic rings. The summed E-state index contributed by atoms with van der Waals surface area (Å²) < 4.78 is 4.71. The smallest absolute Gasteiger partial charge is 0.332 e. The van der Waals surface area contributed by atoms with Crippen LogP contribution < -0.4 is 11.1 Å². The van der Waals surface area contributed by atoms with Gasteiger partial charge in [-0.2, -0.15) is 11.8 Å². The zero-order valence-corrected chi connectivity index (χ0v) is 11.1. The Bertz CT molecular complexity index is 286. The summed E-state index contributed by atoms with van der Waals surface area (Å²) in [5.41, 5.74) is 5.52. The Hall–Kier alpha value is -0.750. The van der Waals surface area contributed by atoms with E-state index in [0.29, 0.717) is 5.25 Å². The first kappa shape index (κ1) is 14.3. The van der Waals surface area contributed by atoms with Crippen LogP contribution in [-0.2, 0) is 14.3 Å². The van der Waals surface area contributed by atoms with Gasteiger partial charge in [-0.05, 0) is 26.0 Å². The van der Waals surface area contributed by atoms with Gasteiger partial charge in [0, 0.05) is 11.3 Å². The quantitative estimate of drug-likeness (QED) is 0.548. The van der Waals surface area contributed by atoms with Crippen molar-refractivity contribution >= 4 is 23.6 Å². The number of rotatable bonds is 5. The van der Waals surface area contributed by atoms with Crippen molar-refractivity contribution in [1.29, 1.82) is 0 Å². The standard InChI is InChI=1S/C11H20N2O3S/c1-3-16-11(15)9(12)10(14)13-7-5-4-6-8(7)17-2/h7-9H,3-6,12H2,1-2H3,(H,13,14). The van der Waals surface area contributed by atoms with Crippen LogP contribution in [0.3, 0.4) is 0 Å². The number of nitrogens with two attached hydrogens (primary N) is 1. The van der Waals surface area contributed by atoms with Crippen molar-refractivity contribution in [2.24, 2.45) is 5.73 Å². The highest BCUT2D eigenvalue weighted by Crippen LogP contribution is 2.28. The molecular weight excluding hydrogens is 240 g/mol. The van der Waals surface area contributed by atoms with Gasteiger partial charge < -0.3 is 15.8 Å². The zero-order valence-electron chi connectivity index (χ0n) is 10.3. The maximum Gasteiger partial charge on any atom is 0.332 e. The molecule has 1 rings (SSSR count). The molecule has 6 heteroatoms. The number of thioether (sulfide) groups is 1. The number of nitrogens with one attached hydrogen (secondary N) is 1. The molecule has 0 heterocycles. The van der Waals surface area contributed by atoms with Crippen molar-refractivity contribution in [3.8, 4) is 0 Å². The molecule has 0 radical (unpaired) electrons. The fraction of sp³-hybridized carbons (Fsp3) is 0.818. The number of hydrogen-bond acceptors (Lipinski definition) is 5. The molecule has 0 aromatic carbocycles. The molecule has 1 fully saturated rings. The molecule has 0 bridgehead atoms. The Morgan fingerprint density at radius 2 is 2.24 bits per heavy atom. The molecule has 3 atom stereocenters. The van der Waals surface area contributed by atoms with Crippen molar-refractivity contribution in [2.75, 3.05) is 12.9 Å². The second-order valence-corrected chi connectivity index (χ2v) is 5.13. The van der Waals surface area contributed by atoms with Crippen LogP contribution in [0.1, 0.15) is 26.2 Å². The third kappa shape index (κ3) is 3.89. The Kier molecular flexibility index (Phi) is 5.77. The summed E-state index contributed by atoms with van der Waals surface area (Å²) in [6.45, 7) is 1.92. The van der Waals surface area contributed by atoms with Crippen molar-refractivity contribution in [3.63, 3.8) is 0 Å². The fourth-order valence-electron chi connectivity index (χ4n) is 1.98. The zero-order chi connectivity index (χ0) is 12.8. The van der Waals surface area contributed by atoms with Gasteiger partial charge in [0.1, 0.15) is 0 Å². The predicted octanol–water partition coefficient (Wildman–Crippen LogP) is 0.277. The normalized spacial score (nSPS) is 25.4. The number of hydrogen-bond donors (Lipinski definition) is 2. The van der Waals surface area contributed by atoms with E-state index in [4.69, 9.17) is 10.5 Å². The summed E-state index contributed by atoms with van der Waals surface area (Å²) >= 11 is 1.74. The van der Waals surface area contributed by atoms with Gasteiger partial charge in [0.05, 0.1) is 6.61 Å². The molecular formula is C11H20N2O3S. The molecule has 1 aliphatic carbocycles. The molecule has 17 heavy (non-hydrogen) atoms. The minimum absolute atomic E-state index is 0.123. The summed E-state index contributed by atoms with van der Waals surface area (Å²) in [4.78, 5) is 23.0. The summed E-state index contributed by atoms with van der Waals surface area (Å²) in [7, 11) is 0. The summed E-state index contributed by atoms with van der Waals surface area (Å²) in [6.07, 6.45) is 5.18. The molecule has 1 amide bonds. The summed E-state index contributed by atoms with van der Waals surface area (Å²) in [6, 6.07) is -1.09. The highest BCUT2D eigenvalue weighted by atomic mass is 32.2. The van der Waals surface area contributed by atoms with E-state index in [0.717, 1.165) is 19.3 Å². The lowest BCUT2D eigenvalue weighted by atomic mass is 10.2. The average Bonchev–Trinajstić information content (AvgIpc) is 2.75.